The van der Waals surface area contributed by atoms with E-state index in [2.05, 4.69) is 45.7 Å². The zero-order valence-electron chi connectivity index (χ0n) is 33.5. The lowest BCUT2D eigenvalue weighted by Crippen LogP contribution is -2.41. The van der Waals surface area contributed by atoms with Gasteiger partial charge in [-0.3, -0.25) is 20.4 Å². The van der Waals surface area contributed by atoms with Gasteiger partial charge >= 0.3 is 30.6 Å². The van der Waals surface area contributed by atoms with Crippen LogP contribution in [0.4, 0.5) is 63.1 Å². The molecule has 1 aliphatic heterocycles. The number of pyridine rings is 2. The molecule has 16 nitrogen and oxygen atoms in total. The Labute approximate surface area is 373 Å². The molecule has 6 aromatic rings. The molecule has 342 valence electrons. The van der Waals surface area contributed by atoms with Gasteiger partial charge in [-0.05, 0) is 97.1 Å². The van der Waals surface area contributed by atoms with Crippen molar-refractivity contribution < 1.29 is 59.3 Å². The van der Waals surface area contributed by atoms with E-state index >= 15 is 0 Å². The molecular weight excluding hydrogens is 909 g/mol. The molecule has 0 saturated heterocycles. The van der Waals surface area contributed by atoms with Crippen molar-refractivity contribution in [3.63, 3.8) is 0 Å². The summed E-state index contributed by atoms with van der Waals surface area (Å²) >= 11 is 5.56. The number of halogens is 8. The van der Waals surface area contributed by atoms with Gasteiger partial charge in [0.1, 0.15) is 51.8 Å². The zero-order chi connectivity index (χ0) is 47.8. The van der Waals surface area contributed by atoms with Crippen molar-refractivity contribution in [3.05, 3.63) is 149 Å². The minimum Gasteiger partial charge on any atom is -0.457 e. The van der Waals surface area contributed by atoms with Crippen LogP contribution in [0.1, 0.15) is 22.5 Å². The number of nitrogens with two attached hydrogens (primary N) is 2. The minimum absolute atomic E-state index is 0.0619. The van der Waals surface area contributed by atoms with Gasteiger partial charge in [0, 0.05) is 54.3 Å². The van der Waals surface area contributed by atoms with Crippen LogP contribution >= 0.6 is 11.6 Å². The Balaban J connectivity index is 0.000000220. The third-order valence-electron chi connectivity index (χ3n) is 8.49. The van der Waals surface area contributed by atoms with Gasteiger partial charge in [0.05, 0.1) is 16.1 Å². The van der Waals surface area contributed by atoms with E-state index in [1.807, 2.05) is 0 Å². The number of aliphatic imine (C=N–C) groups is 1. The number of amidine groups is 2. The van der Waals surface area contributed by atoms with Crippen molar-refractivity contribution in [2.45, 2.75) is 18.6 Å². The predicted octanol–water partition coefficient (Wildman–Crippen LogP) is 10.3. The van der Waals surface area contributed by atoms with Crippen LogP contribution in [-0.4, -0.2) is 47.0 Å². The number of urea groups is 2. The number of hydrogen-bond acceptors (Lipinski definition) is 10. The zero-order valence-corrected chi connectivity index (χ0v) is 34.3. The fraction of sp³-hybridized carbons (Fsp3) is 0.0952. The highest BCUT2D eigenvalue weighted by molar-refractivity contribution is 6.31. The highest BCUT2D eigenvalue weighted by Gasteiger charge is 2.54. The van der Waals surface area contributed by atoms with Gasteiger partial charge in [0.25, 0.3) is 0 Å². The Morgan fingerprint density at radius 2 is 1.15 bits per heavy atom. The molecule has 7 rings (SSSR count). The molecule has 24 heteroatoms. The van der Waals surface area contributed by atoms with Crippen LogP contribution in [0.5, 0.6) is 28.7 Å². The average Bonchev–Trinajstić information content (AvgIpc) is 3.25. The molecule has 0 fully saturated rings. The average molecular weight is 941 g/mol. The fourth-order valence-corrected chi connectivity index (χ4v) is 5.75. The van der Waals surface area contributed by atoms with Gasteiger partial charge in [-0.15, -0.1) is 8.78 Å². The number of anilines is 4. The number of nitrogen functional groups attached to an aromatic ring is 1. The topological polar surface area (TPSA) is 233 Å². The van der Waals surface area contributed by atoms with E-state index in [9.17, 15) is 40.3 Å². The summed E-state index contributed by atoms with van der Waals surface area (Å²) in [6.07, 6.45) is -10.5. The van der Waals surface area contributed by atoms with Crippen LogP contribution in [0.25, 0.3) is 0 Å². The summed E-state index contributed by atoms with van der Waals surface area (Å²) in [7, 11) is 1.54. The van der Waals surface area contributed by atoms with Crippen molar-refractivity contribution in [2.75, 3.05) is 28.3 Å². The van der Waals surface area contributed by atoms with Crippen molar-refractivity contribution in [1.82, 2.24) is 9.97 Å². The van der Waals surface area contributed by atoms with Crippen LogP contribution in [0, 0.1) is 5.41 Å². The number of benzene rings is 4. The number of hydrogen-bond donors (Lipinski definition) is 7. The maximum atomic E-state index is 13.9. The molecule has 4 amide bonds. The Morgan fingerprint density at radius 3 is 1.67 bits per heavy atom. The Bertz CT molecular complexity index is 2780. The first-order valence-electron chi connectivity index (χ1n) is 18.5. The van der Waals surface area contributed by atoms with E-state index in [4.69, 9.17) is 38.0 Å². The van der Waals surface area contributed by atoms with Gasteiger partial charge in [0.2, 0.25) is 0 Å². The summed E-state index contributed by atoms with van der Waals surface area (Å²) in [4.78, 5) is 36.2. The summed E-state index contributed by atoms with van der Waals surface area (Å²) in [6.45, 7) is 0. The fourth-order valence-electron chi connectivity index (χ4n) is 5.52. The monoisotopic (exact) mass is 940 g/mol. The molecule has 66 heavy (non-hydrogen) atoms. The molecule has 3 heterocycles. The summed E-state index contributed by atoms with van der Waals surface area (Å²) in [6, 6.07) is 23.2. The normalized spacial score (nSPS) is 13.6. The maximum Gasteiger partial charge on any atom is 0.540 e. The number of nitrogens with zero attached hydrogens (tertiary/aromatic N) is 3. The van der Waals surface area contributed by atoms with Gasteiger partial charge in [-0.2, -0.15) is 22.0 Å². The Morgan fingerprint density at radius 1 is 0.682 bits per heavy atom. The number of alkyl halides is 7. The number of fused-ring (bicyclic) bond motifs is 1. The molecule has 4 aromatic carbocycles. The minimum atomic E-state index is -4.64. The summed E-state index contributed by atoms with van der Waals surface area (Å²) in [5.74, 6) is 1.07. The van der Waals surface area contributed by atoms with Crippen LogP contribution in [0.15, 0.2) is 127 Å². The van der Waals surface area contributed by atoms with E-state index in [0.29, 0.717) is 40.1 Å². The van der Waals surface area contributed by atoms with E-state index in [1.165, 1.54) is 31.6 Å². The second-order valence-corrected chi connectivity index (χ2v) is 13.7. The highest BCUT2D eigenvalue weighted by atomic mass is 35.5. The van der Waals surface area contributed by atoms with Crippen molar-refractivity contribution >= 4 is 58.1 Å². The second kappa shape index (κ2) is 19.7. The molecule has 0 aliphatic carbocycles. The van der Waals surface area contributed by atoms with Crippen molar-refractivity contribution in [2.24, 2.45) is 16.5 Å². The van der Waals surface area contributed by atoms with E-state index in [0.717, 1.165) is 30.3 Å². The summed E-state index contributed by atoms with van der Waals surface area (Å²) in [5, 5.41) is 16.6. The van der Waals surface area contributed by atoms with E-state index < -0.39 is 52.5 Å². The first kappa shape index (κ1) is 47.3. The SMILES string of the molecule is CN=C(N)c1cc(Oc2ccc(NC(=O)Nc3ccc4c(c3)C(F)(F)OC(F)(F)O4)cc2)ccn1.N=C(N)c1cc(Oc2ccc(NC(=O)Nc3ccc(Cl)c(C(F)(F)F)c3)cc2)ccn1. The van der Waals surface area contributed by atoms with Gasteiger partial charge in [-0.1, -0.05) is 11.6 Å². The predicted molar refractivity (Wildman–Crippen MR) is 228 cm³/mol. The number of rotatable bonds is 10. The van der Waals surface area contributed by atoms with Crippen LogP contribution in [0.3, 0.4) is 0 Å². The lowest BCUT2D eigenvalue weighted by Gasteiger charge is -2.30. The second-order valence-electron chi connectivity index (χ2n) is 13.3. The molecule has 9 N–H and O–H groups in total. The largest absolute Gasteiger partial charge is 0.540 e. The first-order chi connectivity index (χ1) is 31.2. The molecular formula is C42H32ClF7N10O6. The molecule has 1 aliphatic rings. The van der Waals surface area contributed by atoms with Gasteiger partial charge in [0.15, 0.2) is 0 Å². The lowest BCUT2D eigenvalue weighted by molar-refractivity contribution is -0.461. The molecule has 0 bridgehead atoms. The molecule has 0 atom stereocenters. The van der Waals surface area contributed by atoms with Crippen LogP contribution < -0.4 is 46.9 Å². The van der Waals surface area contributed by atoms with E-state index in [1.54, 1.807) is 66.7 Å². The Hall–Kier alpha value is -8.18. The van der Waals surface area contributed by atoms with Crippen molar-refractivity contribution in [1.29, 1.82) is 5.41 Å². The standard InChI is InChI=1S/C22H17F4N5O4.C20H15ClF3N5O2/c1-28-19(27)17-11-15(8-9-29-17)33-14-5-2-12(3-6-14)30-20(32)31-13-4-7-18-16(10-13)21(23,24)35-22(25,26)34-18;21-16-6-3-12(9-15(16)20(22,23)24)29-19(30)28-11-1-4-13(5-2-11)31-14-7-8-27-17(10-14)18(25)26/h2-11H,1H3,(H2,27,28)(H2,30,31,32);1-10H,(H3,25,26)(H2,28,29,30). The van der Waals surface area contributed by atoms with Crippen LogP contribution in [0.2, 0.25) is 5.02 Å². The number of aromatic nitrogens is 2. The Kier molecular flexibility index (Phi) is 14.1. The molecule has 0 saturated carbocycles. The third-order valence-corrected chi connectivity index (χ3v) is 8.82. The number of carbonyl (C=O) groups excluding carboxylic acids is 2. The van der Waals surface area contributed by atoms with Crippen LogP contribution in [-0.2, 0) is 17.0 Å². The molecule has 0 radical (unpaired) electrons. The first-order valence-corrected chi connectivity index (χ1v) is 18.9. The summed E-state index contributed by atoms with van der Waals surface area (Å²) < 4.78 is 112. The van der Waals surface area contributed by atoms with Crippen molar-refractivity contribution in [3.8, 4) is 28.7 Å². The van der Waals surface area contributed by atoms with E-state index in [-0.39, 0.29) is 28.7 Å². The number of carbonyl (C=O) groups is 2. The number of nitrogens with one attached hydrogen (secondary N) is 5. The molecule has 0 unspecified atom stereocenters. The maximum absolute atomic E-state index is 13.9. The van der Waals surface area contributed by atoms with Gasteiger partial charge in [-0.25, -0.2) is 14.3 Å². The highest BCUT2D eigenvalue weighted by Crippen LogP contribution is 2.47. The molecule has 0 spiro atoms. The van der Waals surface area contributed by atoms with Gasteiger partial charge < -0.3 is 46.9 Å². The number of ether oxygens (including phenoxy) is 4. The lowest BCUT2D eigenvalue weighted by atomic mass is 10.1. The quantitative estimate of drug-likeness (QED) is 0.0390. The number of amides is 4. The smallest absolute Gasteiger partial charge is 0.457 e. The third kappa shape index (κ3) is 12.7. The summed E-state index contributed by atoms with van der Waals surface area (Å²) in [5.41, 5.74) is 10.4. The molecule has 2 aromatic heterocycles.